The molecule has 0 unspecified atom stereocenters. The summed E-state index contributed by atoms with van der Waals surface area (Å²) in [6.45, 7) is 16.0. The Hall–Kier alpha value is -6.11. The Morgan fingerprint density at radius 1 is 0.787 bits per heavy atom. The standard InChI is InChI=1S/C60H94Br2N10O17/c1-15-34(6)51(71(12)59(82)49(32(2)3)69-58(81)50(33(4)5)70(10)11)43(85-13)31-45(74)72-24-16-17-41(72)52(86-14)35(7)53(76)68-40(60(83)84)30-38-18-19-42-39(29-38)67-55(78)37(9)66-54(77)36(8)65-44(73)20-25-87-27-22-63-56(79)47(61)48(62)57(80)64-23-28-88-26-21-46(75)89-42/h18-19,29,32-37,40-41,43,49-52H,15-17,20-28,30-31H2,1-14H3,(H,63,79)(H,64,80)(H,65,73)(H,66,77)(H,67,78)(H,68,76)(H,69,81)(H,83,84)/b48-47-/t34-,35+,36-,37-,40-,41-,43+,49-,50-,51-,52+/m0/s1. The molecule has 0 spiro atoms. The van der Waals surface area contributed by atoms with Crippen molar-refractivity contribution in [1.29, 1.82) is 0 Å². The number of amides is 9. The van der Waals surface area contributed by atoms with Crippen LogP contribution in [0.3, 0.4) is 0 Å². The van der Waals surface area contributed by atoms with Gasteiger partial charge in [0.25, 0.3) is 11.8 Å². The average molecular weight is 1390 g/mol. The number of rotatable bonds is 21. The van der Waals surface area contributed by atoms with E-state index in [9.17, 15) is 57.8 Å². The van der Waals surface area contributed by atoms with Crippen molar-refractivity contribution < 1.29 is 81.5 Å². The molecule has 1 saturated heterocycles. The number of methoxy groups -OCH3 is 2. The number of nitrogens with zero attached hydrogens (tertiary/aromatic N) is 3. The molecule has 1 fully saturated rings. The van der Waals surface area contributed by atoms with E-state index in [1.807, 2.05) is 60.5 Å². The smallest absolute Gasteiger partial charge is 0.326 e. The lowest BCUT2D eigenvalue weighted by Gasteiger charge is -2.41. The van der Waals surface area contributed by atoms with E-state index in [-0.39, 0.29) is 127 Å². The number of hydrogen-bond donors (Lipinski definition) is 8. The number of anilines is 1. The predicted octanol–water partition coefficient (Wildman–Crippen LogP) is 2.36. The molecule has 9 amide bonds. The number of carboxylic acids is 1. The van der Waals surface area contributed by atoms with Gasteiger partial charge in [0.1, 0.15) is 33.1 Å². The Balaban J connectivity index is 1.86. The van der Waals surface area contributed by atoms with Crippen LogP contribution in [-0.2, 0) is 78.1 Å². The number of hydrogen-bond acceptors (Lipinski definition) is 17. The fourth-order valence-electron chi connectivity index (χ4n) is 10.6. The SMILES string of the molecule is CC[C@H](C)[C@@H]([C@@H](CC(=O)N1CCC[C@H]1[C@H](OC)[C@@H](C)C(=O)N[C@@H](Cc1ccc2c(c1)NC(=O)[C@H](C)NC(=O)[C@H](C)NC(=O)CCOCCNC(=O)/C(Br)=C(/Br)C(=O)NCCOCCC(=O)O2)C(=O)O)OC)N(C)C(=O)[C@@H](NC(=O)[C@H](C(C)C)N(C)C)C(C)C. The summed E-state index contributed by atoms with van der Waals surface area (Å²) in [7, 11) is 8.17. The highest BCUT2D eigenvalue weighted by atomic mass is 79.9. The van der Waals surface area contributed by atoms with E-state index in [2.05, 4.69) is 69.1 Å². The van der Waals surface area contributed by atoms with Gasteiger partial charge in [0.15, 0.2) is 5.75 Å². The van der Waals surface area contributed by atoms with Crippen molar-refractivity contribution in [2.45, 2.75) is 162 Å². The average Bonchev–Trinajstić information content (AvgIpc) is 2.98. The Morgan fingerprint density at radius 3 is 1.92 bits per heavy atom. The quantitative estimate of drug-likeness (QED) is 0.0647. The van der Waals surface area contributed by atoms with Crippen LogP contribution in [0.2, 0.25) is 0 Å². The van der Waals surface area contributed by atoms with Crippen molar-refractivity contribution in [3.05, 3.63) is 32.7 Å². The molecule has 2 aliphatic rings. The largest absolute Gasteiger partial charge is 0.480 e. The second-order valence-electron chi connectivity index (χ2n) is 23.3. The van der Waals surface area contributed by atoms with Gasteiger partial charge >= 0.3 is 11.9 Å². The van der Waals surface area contributed by atoms with Crippen LogP contribution >= 0.6 is 31.9 Å². The highest BCUT2D eigenvalue weighted by Gasteiger charge is 2.44. The monoisotopic (exact) mass is 1380 g/mol. The number of carbonyl (C=O) groups is 11. The summed E-state index contributed by atoms with van der Waals surface area (Å²) in [6, 6.07) is -2.37. The number of benzene rings is 1. The van der Waals surface area contributed by atoms with Gasteiger partial charge in [0, 0.05) is 53.7 Å². The molecule has 27 nitrogen and oxygen atoms in total. The summed E-state index contributed by atoms with van der Waals surface area (Å²) >= 11 is 6.19. The van der Waals surface area contributed by atoms with Gasteiger partial charge in [-0.2, -0.15) is 0 Å². The number of carbonyl (C=O) groups excluding carboxylic acids is 10. The first-order valence-electron chi connectivity index (χ1n) is 30.0. The number of esters is 1. The highest BCUT2D eigenvalue weighted by molar-refractivity contribution is 9.14. The van der Waals surface area contributed by atoms with Gasteiger partial charge in [0.05, 0.1) is 81.2 Å². The predicted molar refractivity (Wildman–Crippen MR) is 336 cm³/mol. The minimum Gasteiger partial charge on any atom is -0.480 e. The van der Waals surface area contributed by atoms with Crippen molar-refractivity contribution in [3.8, 4) is 5.75 Å². The Morgan fingerprint density at radius 2 is 1.38 bits per heavy atom. The fourth-order valence-corrected chi connectivity index (χ4v) is 11.2. The molecule has 2 heterocycles. The number of nitrogens with one attached hydrogen (secondary N) is 7. The molecule has 3 rings (SSSR count). The van der Waals surface area contributed by atoms with Crippen LogP contribution in [-0.4, -0.2) is 221 Å². The first kappa shape index (κ1) is 77.1. The van der Waals surface area contributed by atoms with Crippen molar-refractivity contribution in [1.82, 2.24) is 46.6 Å². The van der Waals surface area contributed by atoms with Crippen molar-refractivity contribution in [3.63, 3.8) is 0 Å². The van der Waals surface area contributed by atoms with E-state index in [1.54, 1.807) is 23.8 Å². The Labute approximate surface area is 538 Å². The van der Waals surface area contributed by atoms with Crippen LogP contribution in [0.25, 0.3) is 0 Å². The molecule has 0 saturated carbocycles. The lowest BCUT2D eigenvalue weighted by atomic mass is 9.89. The van der Waals surface area contributed by atoms with Crippen LogP contribution in [0.5, 0.6) is 5.75 Å². The Bertz CT molecular complexity index is 2650. The first-order valence-corrected chi connectivity index (χ1v) is 31.6. The summed E-state index contributed by atoms with van der Waals surface area (Å²) in [5.74, 6) is -8.79. The van der Waals surface area contributed by atoms with Crippen LogP contribution in [0.1, 0.15) is 106 Å². The molecule has 0 aromatic heterocycles. The molecule has 0 aliphatic carbocycles. The maximum Gasteiger partial charge on any atom is 0.326 e. The second kappa shape index (κ2) is 37.9. The zero-order valence-corrected chi connectivity index (χ0v) is 56.9. The van der Waals surface area contributed by atoms with Crippen molar-refractivity contribution >= 4 is 103 Å². The number of halogens is 2. The molecule has 0 bridgehead atoms. The molecule has 500 valence electrons. The molecule has 2 aliphatic heterocycles. The molecule has 1 aromatic rings. The lowest BCUT2D eigenvalue weighted by molar-refractivity contribution is -0.148. The summed E-state index contributed by atoms with van der Waals surface area (Å²) in [5, 5.41) is 29.0. The summed E-state index contributed by atoms with van der Waals surface area (Å²) < 4.78 is 28.4. The number of carboxylic acid groups (broad SMARTS) is 1. The van der Waals surface area contributed by atoms with Crippen LogP contribution in [0.4, 0.5) is 5.69 Å². The molecule has 89 heavy (non-hydrogen) atoms. The van der Waals surface area contributed by atoms with E-state index >= 15 is 0 Å². The van der Waals surface area contributed by atoms with Gasteiger partial charge in [0.2, 0.25) is 41.4 Å². The second-order valence-corrected chi connectivity index (χ2v) is 24.8. The van der Waals surface area contributed by atoms with Gasteiger partial charge in [-0.3, -0.25) is 52.8 Å². The third-order valence-corrected chi connectivity index (χ3v) is 17.7. The Kier molecular flexibility index (Phi) is 32.9. The van der Waals surface area contributed by atoms with E-state index in [1.165, 1.54) is 46.3 Å². The van der Waals surface area contributed by atoms with E-state index < -0.39 is 108 Å². The van der Waals surface area contributed by atoms with Crippen LogP contribution in [0.15, 0.2) is 27.2 Å². The first-order chi connectivity index (χ1) is 41.9. The molecule has 0 radical (unpaired) electrons. The normalized spacial score (nSPS) is 22.2. The summed E-state index contributed by atoms with van der Waals surface area (Å²) in [5.41, 5.74) is 0.143. The summed E-state index contributed by atoms with van der Waals surface area (Å²) in [6.07, 6.45) is -0.955. The zero-order valence-electron chi connectivity index (χ0n) is 53.7. The number of aliphatic carboxylic acids is 1. The van der Waals surface area contributed by atoms with Gasteiger partial charge in [-0.05, 0) is 108 Å². The van der Waals surface area contributed by atoms with Crippen molar-refractivity contribution in [2.75, 3.05) is 86.7 Å². The van der Waals surface area contributed by atoms with Crippen molar-refractivity contribution in [2.24, 2.45) is 23.7 Å². The number of ether oxygens (including phenoxy) is 5. The molecule has 8 N–H and O–H groups in total. The van der Waals surface area contributed by atoms with Gasteiger partial charge in [-0.25, -0.2) is 4.79 Å². The summed E-state index contributed by atoms with van der Waals surface area (Å²) in [4.78, 5) is 153. The van der Waals surface area contributed by atoms with E-state index in [0.29, 0.717) is 25.8 Å². The molecular formula is C60H94Br2N10O17. The maximum absolute atomic E-state index is 14.5. The van der Waals surface area contributed by atoms with Gasteiger partial charge < -0.3 is 75.8 Å². The van der Waals surface area contributed by atoms with E-state index in [4.69, 9.17) is 23.7 Å². The van der Waals surface area contributed by atoms with Gasteiger partial charge in [-0.1, -0.05) is 61.0 Å². The third-order valence-electron chi connectivity index (χ3n) is 15.6. The number of likely N-dealkylation sites (tertiary alicyclic amines) is 1. The zero-order chi connectivity index (χ0) is 67.0. The van der Waals surface area contributed by atoms with Crippen LogP contribution < -0.4 is 42.0 Å². The molecule has 29 heteroatoms. The highest BCUT2D eigenvalue weighted by Crippen LogP contribution is 2.31. The maximum atomic E-state index is 14.5. The number of fused-ring (bicyclic) bond motifs is 1. The van der Waals surface area contributed by atoms with Gasteiger partial charge in [-0.15, -0.1) is 0 Å². The minimum absolute atomic E-state index is 0.0114. The third kappa shape index (κ3) is 23.6. The minimum atomic E-state index is -1.56. The van der Waals surface area contributed by atoms with E-state index in [0.717, 1.165) is 0 Å². The lowest BCUT2D eigenvalue weighted by Crippen LogP contribution is -2.59. The fraction of sp³-hybridized carbons (Fsp3) is 0.683. The van der Waals surface area contributed by atoms with Crippen LogP contribution in [0, 0.1) is 23.7 Å². The number of likely N-dealkylation sites (N-methyl/N-ethyl adjacent to an activating group) is 2. The molecule has 1 aromatic carbocycles. The molecular weight excluding hydrogens is 1290 g/mol. The molecule has 11 atom stereocenters. The topological polar surface area (TPSA) is 348 Å².